The molecule has 0 fully saturated rings. The average Bonchev–Trinajstić information content (AvgIpc) is 3.07. The van der Waals surface area contributed by atoms with Gasteiger partial charge in [-0.25, -0.2) is 0 Å². The van der Waals surface area contributed by atoms with Crippen molar-refractivity contribution in [1.29, 1.82) is 0 Å². The Labute approximate surface area is 151 Å². The van der Waals surface area contributed by atoms with Crippen LogP contribution in [0, 0.1) is 0 Å². The van der Waals surface area contributed by atoms with Gasteiger partial charge in [-0.2, -0.15) is 0 Å². The van der Waals surface area contributed by atoms with Crippen molar-refractivity contribution in [2.45, 2.75) is 26.1 Å². The summed E-state index contributed by atoms with van der Waals surface area (Å²) < 4.78 is 22.5. The second-order valence-electron chi connectivity index (χ2n) is 6.31. The first-order chi connectivity index (χ1) is 12.7. The first-order valence-electron chi connectivity index (χ1n) is 8.77. The van der Waals surface area contributed by atoms with Crippen LogP contribution in [-0.4, -0.2) is 14.2 Å². The van der Waals surface area contributed by atoms with E-state index in [0.29, 0.717) is 28.0 Å². The molecule has 3 aromatic rings. The minimum absolute atomic E-state index is 0.0974. The molecule has 1 aliphatic rings. The Hall–Kier alpha value is -2.89. The number of unbranched alkanes of at least 4 members (excludes halogenated alkanes) is 1. The maximum atomic E-state index is 12.9. The van der Waals surface area contributed by atoms with Crippen molar-refractivity contribution >= 4 is 18.1 Å². The Balaban J connectivity index is 1.72. The standard InChI is InChI=1S/C20H19BO5/c1-3-4-9-21-25-18-10-15-17(11-19(18)26-21)24-12-16(20(15)22)13-5-7-14(23-2)8-6-13/h5-8,10-12H,3-4,9H2,1-2H3. The Morgan fingerprint density at radius 3 is 2.50 bits per heavy atom. The first kappa shape index (κ1) is 16.6. The maximum absolute atomic E-state index is 12.9. The van der Waals surface area contributed by atoms with Crippen LogP contribution in [0.25, 0.3) is 22.1 Å². The fraction of sp³-hybridized carbons (Fsp3) is 0.250. The Morgan fingerprint density at radius 2 is 1.81 bits per heavy atom. The van der Waals surface area contributed by atoms with Gasteiger partial charge in [-0.15, -0.1) is 0 Å². The van der Waals surface area contributed by atoms with Crippen LogP contribution in [0.2, 0.25) is 6.32 Å². The van der Waals surface area contributed by atoms with Gasteiger partial charge in [0.1, 0.15) is 29.1 Å². The van der Waals surface area contributed by atoms with Crippen molar-refractivity contribution < 1.29 is 18.5 Å². The fourth-order valence-corrected chi connectivity index (χ4v) is 3.09. The molecule has 2 heterocycles. The predicted molar refractivity (Wildman–Crippen MR) is 101 cm³/mol. The van der Waals surface area contributed by atoms with E-state index in [2.05, 4.69) is 6.92 Å². The maximum Gasteiger partial charge on any atom is 0.594 e. The lowest BCUT2D eigenvalue weighted by atomic mass is 9.83. The molecule has 6 heteroatoms. The highest BCUT2D eigenvalue weighted by molar-refractivity contribution is 6.47. The first-order valence-corrected chi connectivity index (χ1v) is 8.77. The zero-order valence-corrected chi connectivity index (χ0v) is 14.8. The molecule has 26 heavy (non-hydrogen) atoms. The lowest BCUT2D eigenvalue weighted by Gasteiger charge is -2.05. The van der Waals surface area contributed by atoms with Crippen molar-refractivity contribution in [3.8, 4) is 28.4 Å². The largest absolute Gasteiger partial charge is 0.594 e. The molecule has 0 N–H and O–H groups in total. The van der Waals surface area contributed by atoms with Crippen LogP contribution in [0.5, 0.6) is 17.2 Å². The summed E-state index contributed by atoms with van der Waals surface area (Å²) in [5.74, 6) is 1.96. The topological polar surface area (TPSA) is 57.9 Å². The molecule has 0 saturated heterocycles. The van der Waals surface area contributed by atoms with E-state index < -0.39 is 0 Å². The highest BCUT2D eigenvalue weighted by Crippen LogP contribution is 2.38. The van der Waals surface area contributed by atoms with E-state index in [1.54, 1.807) is 19.2 Å². The summed E-state index contributed by atoms with van der Waals surface area (Å²) in [5.41, 5.74) is 1.67. The zero-order chi connectivity index (χ0) is 18.1. The third-order valence-electron chi connectivity index (χ3n) is 4.55. The van der Waals surface area contributed by atoms with Crippen LogP contribution >= 0.6 is 0 Å². The number of ether oxygens (including phenoxy) is 1. The van der Waals surface area contributed by atoms with Crippen LogP contribution in [0.15, 0.2) is 51.9 Å². The van der Waals surface area contributed by atoms with Crippen LogP contribution in [0.4, 0.5) is 0 Å². The number of hydrogen-bond acceptors (Lipinski definition) is 5. The molecule has 0 radical (unpaired) electrons. The smallest absolute Gasteiger partial charge is 0.523 e. The van der Waals surface area contributed by atoms with Gasteiger partial charge >= 0.3 is 7.12 Å². The molecule has 0 aliphatic carbocycles. The number of rotatable bonds is 5. The summed E-state index contributed by atoms with van der Waals surface area (Å²) >= 11 is 0. The SMILES string of the molecule is CCCCB1Oc2cc3occ(-c4ccc(OC)cc4)c(=O)c3cc2O1. The molecule has 0 unspecified atom stereocenters. The molecule has 4 rings (SSSR count). The molecule has 0 saturated carbocycles. The molecule has 0 atom stereocenters. The van der Waals surface area contributed by atoms with E-state index in [0.717, 1.165) is 30.5 Å². The van der Waals surface area contributed by atoms with E-state index >= 15 is 0 Å². The van der Waals surface area contributed by atoms with Crippen LogP contribution in [0.3, 0.4) is 0 Å². The molecule has 132 valence electrons. The Bertz CT molecular complexity index is 993. The third kappa shape index (κ3) is 2.92. The lowest BCUT2D eigenvalue weighted by molar-refractivity contribution is 0.415. The van der Waals surface area contributed by atoms with Gasteiger partial charge in [-0.05, 0) is 23.8 Å². The monoisotopic (exact) mass is 350 g/mol. The van der Waals surface area contributed by atoms with Gasteiger partial charge in [-0.3, -0.25) is 4.79 Å². The average molecular weight is 350 g/mol. The van der Waals surface area contributed by atoms with Crippen molar-refractivity contribution in [1.82, 2.24) is 0 Å². The molecule has 0 spiro atoms. The minimum Gasteiger partial charge on any atom is -0.523 e. The fourth-order valence-electron chi connectivity index (χ4n) is 3.09. The highest BCUT2D eigenvalue weighted by Gasteiger charge is 2.32. The summed E-state index contributed by atoms with van der Waals surface area (Å²) in [6.07, 6.45) is 4.41. The summed E-state index contributed by atoms with van der Waals surface area (Å²) in [6.45, 7) is 2.12. The normalized spacial score (nSPS) is 12.6. The number of fused-ring (bicyclic) bond motifs is 2. The number of benzene rings is 2. The summed E-state index contributed by atoms with van der Waals surface area (Å²) in [5, 5.41) is 0.483. The molecule has 0 amide bonds. The Morgan fingerprint density at radius 1 is 1.08 bits per heavy atom. The van der Waals surface area contributed by atoms with Gasteiger partial charge in [0, 0.05) is 12.4 Å². The van der Waals surface area contributed by atoms with Crippen molar-refractivity contribution in [3.05, 3.63) is 52.9 Å². The van der Waals surface area contributed by atoms with E-state index in [9.17, 15) is 4.79 Å². The molecule has 2 aromatic carbocycles. The predicted octanol–water partition coefficient (Wildman–Crippen LogP) is 4.53. The molecular weight excluding hydrogens is 331 g/mol. The van der Waals surface area contributed by atoms with Gasteiger partial charge in [-0.1, -0.05) is 31.9 Å². The van der Waals surface area contributed by atoms with Crippen molar-refractivity contribution in [2.75, 3.05) is 7.11 Å². The quantitative estimate of drug-likeness (QED) is 0.633. The second kappa shape index (κ2) is 6.79. The van der Waals surface area contributed by atoms with E-state index in [4.69, 9.17) is 18.5 Å². The summed E-state index contributed by atoms with van der Waals surface area (Å²) in [4.78, 5) is 12.9. The van der Waals surface area contributed by atoms with E-state index in [1.807, 2.05) is 24.3 Å². The summed E-state index contributed by atoms with van der Waals surface area (Å²) in [7, 11) is 1.31. The zero-order valence-electron chi connectivity index (χ0n) is 14.8. The molecule has 1 aliphatic heterocycles. The minimum atomic E-state index is -0.294. The van der Waals surface area contributed by atoms with Gasteiger partial charge in [0.25, 0.3) is 0 Å². The Kier molecular flexibility index (Phi) is 4.33. The second-order valence-corrected chi connectivity index (χ2v) is 6.31. The number of methoxy groups -OCH3 is 1. The van der Waals surface area contributed by atoms with Crippen LogP contribution in [0.1, 0.15) is 19.8 Å². The van der Waals surface area contributed by atoms with E-state index in [1.165, 1.54) is 6.26 Å². The van der Waals surface area contributed by atoms with Crippen molar-refractivity contribution in [3.63, 3.8) is 0 Å². The van der Waals surface area contributed by atoms with Crippen molar-refractivity contribution in [2.24, 2.45) is 0 Å². The van der Waals surface area contributed by atoms with Crippen LogP contribution < -0.4 is 19.5 Å². The molecule has 5 nitrogen and oxygen atoms in total. The highest BCUT2D eigenvalue weighted by atomic mass is 16.6. The summed E-state index contributed by atoms with van der Waals surface area (Å²) in [6, 6.07) is 10.8. The van der Waals surface area contributed by atoms with Gasteiger partial charge < -0.3 is 18.5 Å². The van der Waals surface area contributed by atoms with Gasteiger partial charge in [0.2, 0.25) is 5.43 Å². The molecular formula is C20H19BO5. The molecule has 1 aromatic heterocycles. The number of hydrogen-bond donors (Lipinski definition) is 0. The van der Waals surface area contributed by atoms with Gasteiger partial charge in [0.05, 0.1) is 18.1 Å². The lowest BCUT2D eigenvalue weighted by Crippen LogP contribution is -2.23. The van der Waals surface area contributed by atoms with Crippen LogP contribution in [-0.2, 0) is 0 Å². The third-order valence-corrected chi connectivity index (χ3v) is 4.55. The molecule has 0 bridgehead atoms. The van der Waals surface area contributed by atoms with Gasteiger partial charge in [0.15, 0.2) is 0 Å². The van der Waals surface area contributed by atoms with E-state index in [-0.39, 0.29) is 12.5 Å².